The van der Waals surface area contributed by atoms with Gasteiger partial charge in [-0.25, -0.2) is 0 Å². The number of para-hydroxylation sites is 1. The van der Waals surface area contributed by atoms with Gasteiger partial charge in [0.2, 0.25) is 11.1 Å². The standard InChI is InChI=1S/C19H21N5OS/c1-15(12-13-16-8-4-2-5-9-16)20-18(25)14-26-19-21-22-23-24(19)17-10-6-3-7-11-17/h2-11,15H,12-14H2,1H3,(H,20,25)/t15-/m1/s1. The average molecular weight is 367 g/mol. The van der Waals surface area contributed by atoms with Crippen molar-refractivity contribution in [3.63, 3.8) is 0 Å². The van der Waals surface area contributed by atoms with Crippen molar-refractivity contribution in [3.05, 3.63) is 66.2 Å². The molecule has 1 amide bonds. The first-order valence-corrected chi connectivity index (χ1v) is 9.51. The number of hydrogen-bond acceptors (Lipinski definition) is 5. The molecule has 1 N–H and O–H groups in total. The molecule has 1 aromatic heterocycles. The number of nitrogens with one attached hydrogen (secondary N) is 1. The second kappa shape index (κ2) is 9.15. The van der Waals surface area contributed by atoms with E-state index in [4.69, 9.17) is 0 Å². The number of tetrazole rings is 1. The third-order valence-corrected chi connectivity index (χ3v) is 4.81. The Morgan fingerprint density at radius 2 is 1.81 bits per heavy atom. The van der Waals surface area contributed by atoms with Crippen LogP contribution in [0.5, 0.6) is 0 Å². The normalized spacial score (nSPS) is 11.9. The molecule has 0 saturated heterocycles. The van der Waals surface area contributed by atoms with Gasteiger partial charge in [0.05, 0.1) is 11.4 Å². The first-order chi connectivity index (χ1) is 12.7. The molecular formula is C19H21N5OS. The van der Waals surface area contributed by atoms with Crippen LogP contribution in [-0.2, 0) is 11.2 Å². The average Bonchev–Trinajstić information content (AvgIpc) is 3.15. The fourth-order valence-electron chi connectivity index (χ4n) is 2.55. The van der Waals surface area contributed by atoms with Crippen LogP contribution in [0, 0.1) is 0 Å². The SMILES string of the molecule is C[C@H](CCc1ccccc1)NC(=O)CSc1nnnn1-c1ccccc1. The highest BCUT2D eigenvalue weighted by molar-refractivity contribution is 7.99. The molecule has 0 aliphatic heterocycles. The maximum atomic E-state index is 12.2. The molecule has 1 heterocycles. The fourth-order valence-corrected chi connectivity index (χ4v) is 3.25. The van der Waals surface area contributed by atoms with Gasteiger partial charge in [-0.1, -0.05) is 60.3 Å². The molecule has 0 spiro atoms. The second-order valence-electron chi connectivity index (χ2n) is 5.99. The Morgan fingerprint density at radius 3 is 2.54 bits per heavy atom. The summed E-state index contributed by atoms with van der Waals surface area (Å²) in [5.41, 5.74) is 2.15. The molecule has 0 bridgehead atoms. The summed E-state index contributed by atoms with van der Waals surface area (Å²) in [7, 11) is 0. The summed E-state index contributed by atoms with van der Waals surface area (Å²) in [5, 5.41) is 15.3. The summed E-state index contributed by atoms with van der Waals surface area (Å²) in [4.78, 5) is 12.2. The first kappa shape index (κ1) is 18.1. The molecule has 6 nitrogen and oxygen atoms in total. The van der Waals surface area contributed by atoms with Crippen molar-refractivity contribution in [3.8, 4) is 5.69 Å². The van der Waals surface area contributed by atoms with E-state index in [9.17, 15) is 4.79 Å². The van der Waals surface area contributed by atoms with Crippen LogP contribution >= 0.6 is 11.8 Å². The number of carbonyl (C=O) groups is 1. The smallest absolute Gasteiger partial charge is 0.230 e. The van der Waals surface area contributed by atoms with Crippen LogP contribution < -0.4 is 5.32 Å². The number of thioether (sulfide) groups is 1. The molecule has 0 aliphatic carbocycles. The van der Waals surface area contributed by atoms with Crippen LogP contribution in [0.1, 0.15) is 18.9 Å². The number of aromatic nitrogens is 4. The Bertz CT molecular complexity index is 822. The Kier molecular flexibility index (Phi) is 6.38. The predicted molar refractivity (Wildman–Crippen MR) is 102 cm³/mol. The predicted octanol–water partition coefficient (Wildman–Crippen LogP) is 2.89. The van der Waals surface area contributed by atoms with Gasteiger partial charge in [0.15, 0.2) is 0 Å². The lowest BCUT2D eigenvalue weighted by Gasteiger charge is -2.13. The van der Waals surface area contributed by atoms with Crippen molar-refractivity contribution in [1.29, 1.82) is 0 Å². The van der Waals surface area contributed by atoms with Crippen LogP contribution in [0.4, 0.5) is 0 Å². The van der Waals surface area contributed by atoms with E-state index in [0.717, 1.165) is 18.5 Å². The van der Waals surface area contributed by atoms with E-state index in [2.05, 4.69) is 33.0 Å². The van der Waals surface area contributed by atoms with Crippen LogP contribution in [0.3, 0.4) is 0 Å². The van der Waals surface area contributed by atoms with Crippen molar-refractivity contribution >= 4 is 17.7 Å². The molecule has 0 unspecified atom stereocenters. The lowest BCUT2D eigenvalue weighted by molar-refractivity contribution is -0.119. The highest BCUT2D eigenvalue weighted by Gasteiger charge is 2.13. The Labute approximate surface area is 157 Å². The van der Waals surface area contributed by atoms with Crippen LogP contribution in [0.15, 0.2) is 65.8 Å². The third-order valence-electron chi connectivity index (χ3n) is 3.89. The summed E-state index contributed by atoms with van der Waals surface area (Å²) in [6.07, 6.45) is 1.85. The van der Waals surface area contributed by atoms with E-state index in [-0.39, 0.29) is 17.7 Å². The van der Waals surface area contributed by atoms with Crippen LogP contribution in [0.25, 0.3) is 5.69 Å². The van der Waals surface area contributed by atoms with Gasteiger partial charge in [-0.3, -0.25) is 4.79 Å². The van der Waals surface area contributed by atoms with Gasteiger partial charge in [0.1, 0.15) is 0 Å². The molecule has 7 heteroatoms. The van der Waals surface area contributed by atoms with Gasteiger partial charge in [-0.05, 0) is 47.9 Å². The molecule has 0 radical (unpaired) electrons. The number of nitrogens with zero attached hydrogens (tertiary/aromatic N) is 4. The minimum absolute atomic E-state index is 0.0156. The molecule has 3 aromatic rings. The minimum Gasteiger partial charge on any atom is -0.353 e. The molecule has 2 aromatic carbocycles. The summed E-state index contributed by atoms with van der Waals surface area (Å²) in [6, 6.07) is 20.0. The zero-order chi connectivity index (χ0) is 18.2. The lowest BCUT2D eigenvalue weighted by Crippen LogP contribution is -2.34. The number of amides is 1. The van der Waals surface area contributed by atoms with E-state index in [1.807, 2.05) is 55.5 Å². The van der Waals surface area contributed by atoms with Crippen molar-refractivity contribution in [2.75, 3.05) is 5.75 Å². The highest BCUT2D eigenvalue weighted by Crippen LogP contribution is 2.17. The van der Waals surface area contributed by atoms with Gasteiger partial charge < -0.3 is 5.32 Å². The molecule has 0 saturated carbocycles. The van der Waals surface area contributed by atoms with E-state index in [1.54, 1.807) is 4.68 Å². The van der Waals surface area contributed by atoms with Gasteiger partial charge in [-0.15, -0.1) is 5.10 Å². The van der Waals surface area contributed by atoms with E-state index in [1.165, 1.54) is 17.3 Å². The Balaban J connectivity index is 1.47. The second-order valence-corrected chi connectivity index (χ2v) is 6.93. The molecule has 1 atom stereocenters. The lowest BCUT2D eigenvalue weighted by atomic mass is 10.1. The van der Waals surface area contributed by atoms with Crippen molar-refractivity contribution < 1.29 is 4.79 Å². The molecule has 0 aliphatic rings. The van der Waals surface area contributed by atoms with Crippen LogP contribution in [0.2, 0.25) is 0 Å². The van der Waals surface area contributed by atoms with Crippen LogP contribution in [-0.4, -0.2) is 37.9 Å². The molecular weight excluding hydrogens is 346 g/mol. The zero-order valence-electron chi connectivity index (χ0n) is 14.6. The molecule has 26 heavy (non-hydrogen) atoms. The highest BCUT2D eigenvalue weighted by atomic mass is 32.2. The Hall–Kier alpha value is -2.67. The largest absolute Gasteiger partial charge is 0.353 e. The molecule has 0 fully saturated rings. The topological polar surface area (TPSA) is 72.7 Å². The molecule has 3 rings (SSSR count). The fraction of sp³-hybridized carbons (Fsp3) is 0.263. The van der Waals surface area contributed by atoms with Crippen molar-refractivity contribution in [2.45, 2.75) is 31.0 Å². The number of aryl methyl sites for hydroxylation is 1. The summed E-state index contributed by atoms with van der Waals surface area (Å²) < 4.78 is 1.64. The number of hydrogen-bond donors (Lipinski definition) is 1. The van der Waals surface area contributed by atoms with Crippen molar-refractivity contribution in [1.82, 2.24) is 25.5 Å². The van der Waals surface area contributed by atoms with Gasteiger partial charge >= 0.3 is 0 Å². The molecule has 134 valence electrons. The van der Waals surface area contributed by atoms with E-state index < -0.39 is 0 Å². The van der Waals surface area contributed by atoms with E-state index >= 15 is 0 Å². The number of rotatable bonds is 8. The van der Waals surface area contributed by atoms with Gasteiger partial charge in [-0.2, -0.15) is 4.68 Å². The summed E-state index contributed by atoms with van der Waals surface area (Å²) in [5.74, 6) is 0.265. The van der Waals surface area contributed by atoms with Gasteiger partial charge in [0, 0.05) is 6.04 Å². The Morgan fingerprint density at radius 1 is 1.12 bits per heavy atom. The van der Waals surface area contributed by atoms with Crippen molar-refractivity contribution in [2.24, 2.45) is 0 Å². The quantitative estimate of drug-likeness (QED) is 0.620. The first-order valence-electron chi connectivity index (χ1n) is 8.52. The maximum Gasteiger partial charge on any atom is 0.230 e. The number of benzene rings is 2. The zero-order valence-corrected chi connectivity index (χ0v) is 15.4. The number of carbonyl (C=O) groups excluding carboxylic acids is 1. The third kappa shape index (κ3) is 5.16. The maximum absolute atomic E-state index is 12.2. The monoisotopic (exact) mass is 367 g/mol. The minimum atomic E-state index is -0.0156. The van der Waals surface area contributed by atoms with E-state index in [0.29, 0.717) is 5.16 Å². The van der Waals surface area contributed by atoms with Gasteiger partial charge in [0.25, 0.3) is 0 Å². The summed E-state index contributed by atoms with van der Waals surface area (Å²) in [6.45, 7) is 2.03. The summed E-state index contributed by atoms with van der Waals surface area (Å²) >= 11 is 1.33.